The van der Waals surface area contributed by atoms with Crippen LogP contribution in [0.3, 0.4) is 0 Å². The molecular formula is C20H24O4. The Morgan fingerprint density at radius 1 is 1.00 bits per heavy atom. The molecule has 128 valence electrons. The number of carbonyl (C=O) groups excluding carboxylic acids is 1. The monoisotopic (exact) mass is 328 g/mol. The summed E-state index contributed by atoms with van der Waals surface area (Å²) >= 11 is 0. The molecule has 5 rings (SSSR count). The van der Waals surface area contributed by atoms with Crippen LogP contribution >= 0.6 is 0 Å². The number of carboxylic acid groups (broad SMARTS) is 1. The number of carboxylic acids is 1. The van der Waals surface area contributed by atoms with Crippen LogP contribution in [0.25, 0.3) is 0 Å². The van der Waals surface area contributed by atoms with Gasteiger partial charge in [0, 0.05) is 0 Å². The Morgan fingerprint density at radius 3 is 2.58 bits per heavy atom. The third-order valence-corrected chi connectivity index (χ3v) is 7.60. The summed E-state index contributed by atoms with van der Waals surface area (Å²) in [5.74, 6) is 1.38. The zero-order chi connectivity index (χ0) is 16.4. The van der Waals surface area contributed by atoms with Crippen molar-refractivity contribution in [2.24, 2.45) is 53.3 Å². The van der Waals surface area contributed by atoms with E-state index in [2.05, 4.69) is 12.2 Å². The van der Waals surface area contributed by atoms with Crippen LogP contribution in [0.1, 0.15) is 25.7 Å². The maximum atomic E-state index is 12.6. The van der Waals surface area contributed by atoms with E-state index in [1.807, 2.05) is 12.2 Å². The summed E-state index contributed by atoms with van der Waals surface area (Å²) in [5, 5.41) is 9.47. The lowest BCUT2D eigenvalue weighted by atomic mass is 9.76. The predicted molar refractivity (Wildman–Crippen MR) is 86.8 cm³/mol. The number of rotatable bonds is 4. The van der Waals surface area contributed by atoms with Gasteiger partial charge in [0.1, 0.15) is 0 Å². The van der Waals surface area contributed by atoms with E-state index in [1.54, 1.807) is 0 Å². The van der Waals surface area contributed by atoms with Gasteiger partial charge in [-0.15, -0.1) is 0 Å². The normalized spacial score (nSPS) is 49.8. The number of carbonyl (C=O) groups is 2. The van der Waals surface area contributed by atoms with Crippen LogP contribution in [0.2, 0.25) is 0 Å². The van der Waals surface area contributed by atoms with E-state index in [4.69, 9.17) is 4.74 Å². The lowest BCUT2D eigenvalue weighted by Crippen LogP contribution is -2.36. The van der Waals surface area contributed by atoms with E-state index in [0.717, 1.165) is 24.2 Å². The van der Waals surface area contributed by atoms with Crippen molar-refractivity contribution >= 4 is 11.9 Å². The van der Waals surface area contributed by atoms with E-state index in [1.165, 1.54) is 19.3 Å². The van der Waals surface area contributed by atoms with Gasteiger partial charge >= 0.3 is 11.9 Å². The molecule has 0 spiro atoms. The summed E-state index contributed by atoms with van der Waals surface area (Å²) in [6.45, 7) is 0.493. The number of hydrogen-bond donors (Lipinski definition) is 1. The van der Waals surface area contributed by atoms with Gasteiger partial charge in [-0.3, -0.25) is 9.59 Å². The molecule has 0 aromatic carbocycles. The number of allylic oxidation sites excluding steroid dienone is 4. The van der Waals surface area contributed by atoms with Gasteiger partial charge in [0.15, 0.2) is 0 Å². The molecule has 0 aliphatic heterocycles. The molecule has 5 aliphatic rings. The summed E-state index contributed by atoms with van der Waals surface area (Å²) in [4.78, 5) is 24.2. The Morgan fingerprint density at radius 2 is 1.79 bits per heavy atom. The first-order chi connectivity index (χ1) is 11.6. The Kier molecular flexibility index (Phi) is 3.20. The molecule has 0 aromatic heterocycles. The van der Waals surface area contributed by atoms with Crippen molar-refractivity contribution in [2.45, 2.75) is 25.7 Å². The quantitative estimate of drug-likeness (QED) is 0.637. The van der Waals surface area contributed by atoms with Gasteiger partial charge in [0.25, 0.3) is 0 Å². The van der Waals surface area contributed by atoms with E-state index in [0.29, 0.717) is 18.4 Å². The van der Waals surface area contributed by atoms with Crippen molar-refractivity contribution < 1.29 is 19.4 Å². The van der Waals surface area contributed by atoms with Crippen LogP contribution in [0.4, 0.5) is 0 Å². The zero-order valence-electron chi connectivity index (χ0n) is 13.7. The number of fused-ring (bicyclic) bond motifs is 7. The highest BCUT2D eigenvalue weighted by Crippen LogP contribution is 2.59. The molecule has 0 radical (unpaired) electrons. The Bertz CT molecular complexity index is 636. The maximum absolute atomic E-state index is 12.6. The van der Waals surface area contributed by atoms with Gasteiger partial charge in [0.05, 0.1) is 18.4 Å². The molecule has 9 atom stereocenters. The molecule has 4 heteroatoms. The maximum Gasteiger partial charge on any atom is 0.310 e. The van der Waals surface area contributed by atoms with Crippen LogP contribution in [-0.4, -0.2) is 23.7 Å². The van der Waals surface area contributed by atoms with Gasteiger partial charge < -0.3 is 9.84 Å². The van der Waals surface area contributed by atoms with Gasteiger partial charge in [-0.05, 0) is 67.1 Å². The van der Waals surface area contributed by atoms with Crippen molar-refractivity contribution in [3.63, 3.8) is 0 Å². The second-order valence-electron chi connectivity index (χ2n) is 8.53. The van der Waals surface area contributed by atoms with Gasteiger partial charge in [-0.2, -0.15) is 0 Å². The minimum absolute atomic E-state index is 0.0119. The second-order valence-corrected chi connectivity index (χ2v) is 8.53. The Hall–Kier alpha value is -1.58. The summed E-state index contributed by atoms with van der Waals surface area (Å²) in [6.07, 6.45) is 13.1. The first-order valence-electron chi connectivity index (χ1n) is 9.38. The standard InChI is InChI=1S/C20H24O4/c21-19(22)17-10-4-5-11(6-10)18(17)20(23)24-9-13-7-12-8-16(13)15-3-1-2-14(12)15/h1-2,4-5,10-18H,3,6-9H2,(H,21,22). The fourth-order valence-corrected chi connectivity index (χ4v) is 6.66. The van der Waals surface area contributed by atoms with E-state index in [-0.39, 0.29) is 17.8 Å². The summed E-state index contributed by atoms with van der Waals surface area (Å²) < 4.78 is 5.69. The van der Waals surface area contributed by atoms with Crippen LogP contribution < -0.4 is 0 Å². The van der Waals surface area contributed by atoms with E-state index >= 15 is 0 Å². The predicted octanol–water partition coefficient (Wildman–Crippen LogP) is 2.90. The molecule has 0 amide bonds. The number of esters is 1. The average Bonchev–Trinajstić information content (AvgIpc) is 3.35. The minimum atomic E-state index is -0.853. The molecule has 1 N–H and O–H groups in total. The first-order valence-corrected chi connectivity index (χ1v) is 9.38. The summed E-state index contributed by atoms with van der Waals surface area (Å²) in [7, 11) is 0. The molecule has 3 fully saturated rings. The minimum Gasteiger partial charge on any atom is -0.481 e. The Labute approximate surface area is 141 Å². The van der Waals surface area contributed by atoms with Gasteiger partial charge in [0.2, 0.25) is 0 Å². The molecule has 0 aromatic rings. The number of ether oxygens (including phenoxy) is 1. The molecule has 24 heavy (non-hydrogen) atoms. The fraction of sp³-hybridized carbons (Fsp3) is 0.700. The third kappa shape index (κ3) is 1.98. The van der Waals surface area contributed by atoms with Gasteiger partial charge in [-0.1, -0.05) is 24.3 Å². The van der Waals surface area contributed by atoms with Crippen molar-refractivity contribution in [3.8, 4) is 0 Å². The third-order valence-electron chi connectivity index (χ3n) is 7.60. The molecule has 9 unspecified atom stereocenters. The van der Waals surface area contributed by atoms with Crippen molar-refractivity contribution in [1.82, 2.24) is 0 Å². The molecular weight excluding hydrogens is 304 g/mol. The average molecular weight is 328 g/mol. The van der Waals surface area contributed by atoms with Crippen molar-refractivity contribution in [1.29, 1.82) is 0 Å². The largest absolute Gasteiger partial charge is 0.481 e. The lowest BCUT2D eigenvalue weighted by molar-refractivity contribution is -0.159. The lowest BCUT2D eigenvalue weighted by Gasteiger charge is -2.31. The van der Waals surface area contributed by atoms with Crippen molar-refractivity contribution in [2.75, 3.05) is 6.61 Å². The van der Waals surface area contributed by atoms with Crippen LogP contribution in [-0.2, 0) is 14.3 Å². The highest BCUT2D eigenvalue weighted by molar-refractivity contribution is 5.83. The van der Waals surface area contributed by atoms with Crippen LogP contribution in [0, 0.1) is 53.3 Å². The second kappa shape index (κ2) is 5.21. The topological polar surface area (TPSA) is 63.6 Å². The van der Waals surface area contributed by atoms with Crippen LogP contribution in [0.15, 0.2) is 24.3 Å². The Balaban J connectivity index is 1.23. The molecule has 3 saturated carbocycles. The van der Waals surface area contributed by atoms with Crippen molar-refractivity contribution in [3.05, 3.63) is 24.3 Å². The van der Waals surface area contributed by atoms with Gasteiger partial charge in [-0.25, -0.2) is 0 Å². The van der Waals surface area contributed by atoms with E-state index in [9.17, 15) is 14.7 Å². The molecule has 5 aliphatic carbocycles. The van der Waals surface area contributed by atoms with Crippen LogP contribution in [0.5, 0.6) is 0 Å². The fourth-order valence-electron chi connectivity index (χ4n) is 6.66. The number of aliphatic carboxylic acids is 1. The van der Waals surface area contributed by atoms with E-state index < -0.39 is 17.8 Å². The summed E-state index contributed by atoms with van der Waals surface area (Å²) in [5.41, 5.74) is 0. The molecule has 4 nitrogen and oxygen atoms in total. The first kappa shape index (κ1) is 14.7. The zero-order valence-corrected chi connectivity index (χ0v) is 13.7. The smallest absolute Gasteiger partial charge is 0.310 e. The molecule has 0 saturated heterocycles. The highest BCUT2D eigenvalue weighted by atomic mass is 16.5. The summed E-state index contributed by atoms with van der Waals surface area (Å²) in [6, 6.07) is 0. The number of hydrogen-bond acceptors (Lipinski definition) is 3. The SMILES string of the molecule is O=C(O)C1C2C=CC(C2)C1C(=O)OCC1CC2CC1C1CC=CC21. The molecule has 0 heterocycles. The highest BCUT2D eigenvalue weighted by Gasteiger charge is 2.54. The molecule has 4 bridgehead atoms.